The van der Waals surface area contributed by atoms with Crippen LogP contribution in [-0.2, 0) is 22.7 Å². The van der Waals surface area contributed by atoms with Gasteiger partial charge in [0.05, 0.1) is 17.0 Å². The number of anilines is 1. The van der Waals surface area contributed by atoms with E-state index in [1.165, 1.54) is 34.4 Å². The summed E-state index contributed by atoms with van der Waals surface area (Å²) in [6, 6.07) is 6.11. The number of aryl methyl sites for hydroxylation is 1. The maximum atomic E-state index is 12.7. The molecule has 1 aromatic carbocycles. The van der Waals surface area contributed by atoms with Gasteiger partial charge in [-0.2, -0.15) is 5.26 Å². The summed E-state index contributed by atoms with van der Waals surface area (Å²) in [5, 5.41) is 14.3. The normalized spacial score (nSPS) is 12.7. The number of nitriles is 1. The van der Waals surface area contributed by atoms with Crippen LogP contribution in [0, 0.1) is 11.3 Å². The van der Waals surface area contributed by atoms with Gasteiger partial charge in [-0.05, 0) is 51.1 Å². The molecule has 0 fully saturated rings. The molecular formula is C24H26ClN5O4. The molecule has 9 nitrogen and oxygen atoms in total. The molecule has 34 heavy (non-hydrogen) atoms. The van der Waals surface area contributed by atoms with Gasteiger partial charge in [0.25, 0.3) is 11.5 Å². The number of halogens is 1. The van der Waals surface area contributed by atoms with E-state index in [0.717, 1.165) is 4.57 Å². The van der Waals surface area contributed by atoms with Crippen molar-refractivity contribution >= 4 is 40.0 Å². The smallest absolute Gasteiger partial charge is 0.331 e. The number of carbonyl (C=O) groups is 2. The molecule has 178 valence electrons. The van der Waals surface area contributed by atoms with Gasteiger partial charge in [-0.25, -0.2) is 4.79 Å². The first-order chi connectivity index (χ1) is 16.3. The van der Waals surface area contributed by atoms with E-state index in [-0.39, 0.29) is 30.1 Å². The fraction of sp³-hybridized carbons (Fsp3) is 0.292. The van der Waals surface area contributed by atoms with Gasteiger partial charge in [-0.3, -0.25) is 23.5 Å². The molecule has 1 heterocycles. The van der Waals surface area contributed by atoms with Gasteiger partial charge in [-0.1, -0.05) is 17.7 Å². The van der Waals surface area contributed by atoms with Gasteiger partial charge >= 0.3 is 5.69 Å². The Morgan fingerprint density at radius 2 is 1.91 bits per heavy atom. The zero-order chi connectivity index (χ0) is 25.3. The van der Waals surface area contributed by atoms with Crippen molar-refractivity contribution < 1.29 is 9.59 Å². The van der Waals surface area contributed by atoms with Crippen molar-refractivity contribution in [3.8, 4) is 6.07 Å². The van der Waals surface area contributed by atoms with E-state index in [4.69, 9.17) is 16.9 Å². The maximum Gasteiger partial charge on any atom is 0.331 e. The van der Waals surface area contributed by atoms with E-state index < -0.39 is 17.5 Å². The number of hydrogen-bond acceptors (Lipinski definition) is 5. The van der Waals surface area contributed by atoms with Crippen LogP contribution >= 0.6 is 11.6 Å². The maximum absolute atomic E-state index is 12.7. The van der Waals surface area contributed by atoms with Crippen molar-refractivity contribution in [3.63, 3.8) is 0 Å². The molecule has 10 heteroatoms. The summed E-state index contributed by atoms with van der Waals surface area (Å²) in [5.41, 5.74) is 1.51. The van der Waals surface area contributed by atoms with E-state index >= 15 is 0 Å². The topological polar surface area (TPSA) is 126 Å². The van der Waals surface area contributed by atoms with Gasteiger partial charge in [0.15, 0.2) is 0 Å². The van der Waals surface area contributed by atoms with Crippen molar-refractivity contribution in [1.82, 2.24) is 14.5 Å². The molecule has 1 unspecified atom stereocenters. The van der Waals surface area contributed by atoms with Crippen LogP contribution < -0.4 is 21.9 Å². The van der Waals surface area contributed by atoms with Crippen molar-refractivity contribution in [2.45, 2.75) is 46.3 Å². The van der Waals surface area contributed by atoms with E-state index in [1.807, 2.05) is 13.0 Å². The Morgan fingerprint density at radius 1 is 1.21 bits per heavy atom. The lowest BCUT2D eigenvalue weighted by Crippen LogP contribution is -2.39. The molecule has 2 amide bonds. The molecule has 0 aliphatic carbocycles. The minimum absolute atomic E-state index is 0.0245. The predicted octanol–water partition coefficient (Wildman–Crippen LogP) is 2.79. The molecule has 2 aromatic rings. The lowest BCUT2D eigenvalue weighted by molar-refractivity contribution is -0.118. The highest BCUT2D eigenvalue weighted by Gasteiger charge is 2.16. The van der Waals surface area contributed by atoms with Gasteiger partial charge in [0.2, 0.25) is 5.91 Å². The van der Waals surface area contributed by atoms with E-state index in [0.29, 0.717) is 23.1 Å². The lowest BCUT2D eigenvalue weighted by atomic mass is 10.1. The van der Waals surface area contributed by atoms with Crippen LogP contribution in [0.5, 0.6) is 0 Å². The fourth-order valence-electron chi connectivity index (χ4n) is 3.40. The first kappa shape index (κ1) is 26.4. The molecule has 0 saturated heterocycles. The molecule has 0 saturated carbocycles. The number of benzene rings is 1. The Morgan fingerprint density at radius 3 is 2.53 bits per heavy atom. The number of amides is 2. The van der Waals surface area contributed by atoms with Crippen LogP contribution in [0.2, 0.25) is 0 Å². The quantitative estimate of drug-likeness (QED) is 0.322. The summed E-state index contributed by atoms with van der Waals surface area (Å²) in [4.78, 5) is 50.2. The third-order valence-electron chi connectivity index (χ3n) is 4.96. The first-order valence-corrected chi connectivity index (χ1v) is 11.1. The molecule has 0 aliphatic heterocycles. The number of rotatable bonds is 9. The number of carbonyl (C=O) groups excluding carboxylic acids is 2. The number of aromatic nitrogens is 2. The zero-order valence-electron chi connectivity index (χ0n) is 19.2. The van der Waals surface area contributed by atoms with Crippen LogP contribution in [0.1, 0.15) is 27.2 Å². The molecule has 0 bridgehead atoms. The number of allylic oxidation sites excluding steroid dienone is 3. The summed E-state index contributed by atoms with van der Waals surface area (Å²) in [7, 11) is 0. The van der Waals surface area contributed by atoms with Crippen LogP contribution in [0.3, 0.4) is 0 Å². The largest absolute Gasteiger partial charge is 0.349 e. The summed E-state index contributed by atoms with van der Waals surface area (Å²) in [5.74, 6) is -0.822. The number of nitrogens with one attached hydrogen (secondary N) is 2. The minimum Gasteiger partial charge on any atom is -0.349 e. The summed E-state index contributed by atoms with van der Waals surface area (Å²) in [6.07, 6.45) is 5.40. The minimum atomic E-state index is -0.511. The average Bonchev–Trinajstić information content (AvgIpc) is 2.79. The van der Waals surface area contributed by atoms with Gasteiger partial charge < -0.3 is 10.6 Å². The standard InChI is InChI=1S/C24H26ClN5O4/c1-4-29-20-10-9-18(15-19(20)23(33)30(5-2)24(29)34)28-21(31)14-16(3)27-22(32)17(11-12-25)8-6-7-13-26/h6-12,15-16H,4-5,14H2,1-3H3,(H,27,32)(H,28,31)/b7-6+,12-11+,17-8+. The lowest BCUT2D eigenvalue weighted by Gasteiger charge is -2.15. The van der Waals surface area contributed by atoms with E-state index in [1.54, 1.807) is 32.0 Å². The third kappa shape index (κ3) is 6.33. The molecule has 1 atom stereocenters. The van der Waals surface area contributed by atoms with Crippen molar-refractivity contribution in [3.05, 3.63) is 74.4 Å². The SMILES string of the molecule is CCn1c(=O)c2cc(NC(=O)CC(C)NC(=O)C(/C=C/Cl)=C/C=C/C#N)ccc2n(CC)c1=O. The number of nitrogens with zero attached hydrogens (tertiary/aromatic N) is 3. The Hall–Kier alpha value is -3.90. The van der Waals surface area contributed by atoms with Crippen molar-refractivity contribution in [2.75, 3.05) is 5.32 Å². The molecule has 0 radical (unpaired) electrons. The molecule has 2 rings (SSSR count). The van der Waals surface area contributed by atoms with Crippen LogP contribution in [0.25, 0.3) is 10.9 Å². The van der Waals surface area contributed by atoms with Crippen molar-refractivity contribution in [1.29, 1.82) is 5.26 Å². The zero-order valence-corrected chi connectivity index (χ0v) is 19.9. The van der Waals surface area contributed by atoms with E-state index in [9.17, 15) is 19.2 Å². The summed E-state index contributed by atoms with van der Waals surface area (Å²) in [6.45, 7) is 5.85. The molecule has 0 spiro atoms. The third-order valence-corrected chi connectivity index (χ3v) is 5.09. The van der Waals surface area contributed by atoms with Crippen LogP contribution in [-0.4, -0.2) is 27.0 Å². The van der Waals surface area contributed by atoms with Gasteiger partial charge in [0.1, 0.15) is 0 Å². The Balaban J connectivity index is 2.17. The monoisotopic (exact) mass is 483 g/mol. The highest BCUT2D eigenvalue weighted by molar-refractivity contribution is 6.26. The Bertz CT molecular complexity index is 1330. The Labute approximate surface area is 201 Å². The molecule has 2 N–H and O–H groups in total. The fourth-order valence-corrected chi connectivity index (χ4v) is 3.54. The van der Waals surface area contributed by atoms with Gasteiger partial charge in [-0.15, -0.1) is 0 Å². The predicted molar refractivity (Wildman–Crippen MR) is 132 cm³/mol. The second-order valence-corrected chi connectivity index (χ2v) is 7.59. The second-order valence-electron chi connectivity index (χ2n) is 7.34. The number of fused-ring (bicyclic) bond motifs is 1. The summed E-state index contributed by atoms with van der Waals surface area (Å²) >= 11 is 5.57. The average molecular weight is 484 g/mol. The Kier molecular flexibility index (Phi) is 9.59. The number of hydrogen-bond donors (Lipinski definition) is 2. The molecular weight excluding hydrogens is 458 g/mol. The van der Waals surface area contributed by atoms with Crippen LogP contribution in [0.4, 0.5) is 5.69 Å². The van der Waals surface area contributed by atoms with Gasteiger partial charge in [0, 0.05) is 48.4 Å². The first-order valence-electron chi connectivity index (χ1n) is 10.7. The molecule has 0 aliphatic rings. The molecule has 1 aromatic heterocycles. The van der Waals surface area contributed by atoms with Crippen molar-refractivity contribution in [2.24, 2.45) is 0 Å². The highest BCUT2D eigenvalue weighted by Crippen LogP contribution is 2.16. The summed E-state index contributed by atoms with van der Waals surface area (Å²) < 4.78 is 2.66. The second kappa shape index (κ2) is 12.4. The van der Waals surface area contributed by atoms with E-state index in [2.05, 4.69) is 10.6 Å². The highest BCUT2D eigenvalue weighted by atomic mass is 35.5. The van der Waals surface area contributed by atoms with Crippen LogP contribution in [0.15, 0.2) is 63.2 Å².